The molecule has 2 amide bonds. The number of nitro benzene ring substituents is 1. The predicted molar refractivity (Wildman–Crippen MR) is 120 cm³/mol. The Hall–Kier alpha value is -3.86. The summed E-state index contributed by atoms with van der Waals surface area (Å²) >= 11 is 0.734. The molecule has 0 saturated carbocycles. The van der Waals surface area contributed by atoms with Gasteiger partial charge in [0.15, 0.2) is 11.5 Å². The zero-order valence-electron chi connectivity index (χ0n) is 17.8. The highest BCUT2D eigenvalue weighted by Crippen LogP contribution is 2.35. The van der Waals surface area contributed by atoms with Crippen LogP contribution in [0.25, 0.3) is 6.08 Å². The molecule has 1 aliphatic rings. The van der Waals surface area contributed by atoms with Gasteiger partial charge in [-0.05, 0) is 60.2 Å². The van der Waals surface area contributed by atoms with Crippen LogP contribution in [0.5, 0.6) is 11.5 Å². The average molecular weight is 472 g/mol. The highest BCUT2D eigenvalue weighted by molar-refractivity contribution is 8.18. The van der Waals surface area contributed by atoms with Crippen LogP contribution in [-0.4, -0.2) is 47.2 Å². The van der Waals surface area contributed by atoms with Crippen LogP contribution in [0, 0.1) is 10.1 Å². The first kappa shape index (κ1) is 23.8. The summed E-state index contributed by atoms with van der Waals surface area (Å²) in [5, 5.41) is 10.2. The summed E-state index contributed by atoms with van der Waals surface area (Å²) in [6, 6.07) is 11.1. The first-order chi connectivity index (χ1) is 15.8. The minimum absolute atomic E-state index is 0.00546. The summed E-state index contributed by atoms with van der Waals surface area (Å²) in [5.74, 6) is -0.383. The van der Waals surface area contributed by atoms with E-state index in [0.29, 0.717) is 23.7 Å². The molecule has 0 radical (unpaired) electrons. The first-order valence-electron chi connectivity index (χ1n) is 9.77. The van der Waals surface area contributed by atoms with Gasteiger partial charge in [0.25, 0.3) is 16.8 Å². The maximum atomic E-state index is 12.5. The number of hydrogen-bond acceptors (Lipinski definition) is 9. The van der Waals surface area contributed by atoms with Crippen molar-refractivity contribution in [2.45, 2.75) is 13.5 Å². The maximum absolute atomic E-state index is 12.5. The minimum Gasteiger partial charge on any atom is -0.490 e. The number of esters is 1. The molecule has 10 nitrogen and oxygen atoms in total. The van der Waals surface area contributed by atoms with Crippen LogP contribution >= 0.6 is 11.8 Å². The molecule has 0 bridgehead atoms. The Morgan fingerprint density at radius 1 is 1.12 bits per heavy atom. The average Bonchev–Trinajstić information content (AvgIpc) is 3.06. The van der Waals surface area contributed by atoms with Crippen LogP contribution in [0.1, 0.15) is 18.1 Å². The van der Waals surface area contributed by atoms with Gasteiger partial charge >= 0.3 is 5.97 Å². The van der Waals surface area contributed by atoms with Crippen LogP contribution in [0.3, 0.4) is 0 Å². The number of benzene rings is 2. The molecule has 0 N–H and O–H groups in total. The number of ether oxygens (including phenoxy) is 3. The van der Waals surface area contributed by atoms with E-state index in [0.717, 1.165) is 22.2 Å². The maximum Gasteiger partial charge on any atom is 0.325 e. The van der Waals surface area contributed by atoms with E-state index in [-0.39, 0.29) is 17.2 Å². The fourth-order valence-electron chi connectivity index (χ4n) is 2.86. The van der Waals surface area contributed by atoms with Crippen molar-refractivity contribution in [3.05, 3.63) is 68.6 Å². The van der Waals surface area contributed by atoms with Crippen LogP contribution in [0.2, 0.25) is 0 Å². The lowest BCUT2D eigenvalue weighted by molar-refractivity contribution is -0.384. The summed E-state index contributed by atoms with van der Waals surface area (Å²) in [6.45, 7) is 1.90. The van der Waals surface area contributed by atoms with E-state index in [2.05, 4.69) is 4.74 Å². The van der Waals surface area contributed by atoms with Crippen molar-refractivity contribution in [3.8, 4) is 11.5 Å². The Kier molecular flexibility index (Phi) is 7.67. The molecule has 1 heterocycles. The van der Waals surface area contributed by atoms with Crippen molar-refractivity contribution in [1.82, 2.24) is 4.90 Å². The van der Waals surface area contributed by atoms with Crippen molar-refractivity contribution >= 4 is 40.6 Å². The molecule has 172 valence electrons. The Morgan fingerprint density at radius 2 is 1.85 bits per heavy atom. The summed E-state index contributed by atoms with van der Waals surface area (Å²) < 4.78 is 16.0. The molecule has 3 rings (SSSR count). The van der Waals surface area contributed by atoms with Crippen LogP contribution in [0.4, 0.5) is 10.5 Å². The van der Waals surface area contributed by atoms with E-state index < -0.39 is 28.6 Å². The second kappa shape index (κ2) is 10.6. The van der Waals surface area contributed by atoms with Gasteiger partial charge in [0.1, 0.15) is 13.2 Å². The van der Waals surface area contributed by atoms with Crippen LogP contribution in [0.15, 0.2) is 47.4 Å². The van der Waals surface area contributed by atoms with Gasteiger partial charge in [0, 0.05) is 12.1 Å². The lowest BCUT2D eigenvalue weighted by atomic mass is 10.1. The number of non-ortho nitro benzene ring substituents is 1. The molecule has 2 aromatic carbocycles. The topological polar surface area (TPSA) is 125 Å². The van der Waals surface area contributed by atoms with Gasteiger partial charge in [-0.2, -0.15) is 0 Å². The summed E-state index contributed by atoms with van der Waals surface area (Å²) in [4.78, 5) is 47.3. The molecule has 1 saturated heterocycles. The van der Waals surface area contributed by atoms with Gasteiger partial charge < -0.3 is 14.2 Å². The van der Waals surface area contributed by atoms with Crippen LogP contribution in [-0.2, 0) is 20.9 Å². The van der Waals surface area contributed by atoms with E-state index in [1.54, 1.807) is 30.3 Å². The number of amides is 2. The zero-order chi connectivity index (χ0) is 24.0. The van der Waals surface area contributed by atoms with E-state index in [1.165, 1.54) is 25.3 Å². The molecule has 0 spiro atoms. The molecule has 1 fully saturated rings. The number of nitrogens with zero attached hydrogens (tertiary/aromatic N) is 2. The molecule has 11 heteroatoms. The van der Waals surface area contributed by atoms with Gasteiger partial charge in [-0.25, -0.2) is 0 Å². The number of carbonyl (C=O) groups is 3. The fraction of sp³-hybridized carbons (Fsp3) is 0.227. The molecule has 2 aromatic rings. The van der Waals surface area contributed by atoms with Gasteiger partial charge in [-0.3, -0.25) is 29.4 Å². The third-order valence-electron chi connectivity index (χ3n) is 4.50. The van der Waals surface area contributed by atoms with Crippen molar-refractivity contribution in [3.63, 3.8) is 0 Å². The Labute approximate surface area is 193 Å². The first-order valence-corrected chi connectivity index (χ1v) is 10.6. The number of carbonyl (C=O) groups excluding carboxylic acids is 3. The largest absolute Gasteiger partial charge is 0.490 e. The van der Waals surface area contributed by atoms with E-state index in [1.807, 2.05) is 6.92 Å². The molecule has 0 aromatic heterocycles. The summed E-state index contributed by atoms with van der Waals surface area (Å²) in [5.41, 5.74) is 1.34. The smallest absolute Gasteiger partial charge is 0.325 e. The second-order valence-corrected chi connectivity index (χ2v) is 7.69. The lowest BCUT2D eigenvalue weighted by Gasteiger charge is -2.13. The zero-order valence-corrected chi connectivity index (χ0v) is 18.6. The summed E-state index contributed by atoms with van der Waals surface area (Å²) in [7, 11) is 1.18. The second-order valence-electron chi connectivity index (χ2n) is 6.70. The third kappa shape index (κ3) is 5.89. The van der Waals surface area contributed by atoms with Gasteiger partial charge in [0.2, 0.25) is 0 Å². The number of hydrogen-bond donors (Lipinski definition) is 0. The monoisotopic (exact) mass is 472 g/mol. The minimum atomic E-state index is -0.688. The molecule has 0 atom stereocenters. The molecule has 33 heavy (non-hydrogen) atoms. The molecule has 0 aliphatic carbocycles. The number of methoxy groups -OCH3 is 1. The molecule has 1 aliphatic heterocycles. The van der Waals surface area contributed by atoms with E-state index in [9.17, 15) is 24.5 Å². The van der Waals surface area contributed by atoms with E-state index in [4.69, 9.17) is 9.47 Å². The predicted octanol–water partition coefficient (Wildman–Crippen LogP) is 3.78. The van der Waals surface area contributed by atoms with Gasteiger partial charge in [0.05, 0.1) is 23.5 Å². The molecule has 0 unspecified atom stereocenters. The van der Waals surface area contributed by atoms with Crippen molar-refractivity contribution < 1.29 is 33.5 Å². The Bertz CT molecular complexity index is 1110. The SMILES string of the molecule is CCOc1cc(/C=C2\SC(=O)N(CC(=O)OC)C2=O)ccc1OCc1ccc([N+](=O)[O-])cc1. The molecular formula is C22H20N2O8S. The number of nitro groups is 1. The van der Waals surface area contributed by atoms with Crippen molar-refractivity contribution in [2.75, 3.05) is 20.3 Å². The highest BCUT2D eigenvalue weighted by atomic mass is 32.2. The highest BCUT2D eigenvalue weighted by Gasteiger charge is 2.36. The normalized spacial score (nSPS) is 14.5. The van der Waals surface area contributed by atoms with Crippen molar-refractivity contribution in [2.24, 2.45) is 0 Å². The van der Waals surface area contributed by atoms with Crippen molar-refractivity contribution in [1.29, 1.82) is 0 Å². The summed E-state index contributed by atoms with van der Waals surface area (Å²) in [6.07, 6.45) is 1.53. The van der Waals surface area contributed by atoms with Gasteiger partial charge in [-0.1, -0.05) is 6.07 Å². The quantitative estimate of drug-likeness (QED) is 0.232. The Balaban J connectivity index is 1.75. The number of thioether (sulfide) groups is 1. The lowest BCUT2D eigenvalue weighted by Crippen LogP contribution is -2.34. The fourth-order valence-corrected chi connectivity index (χ4v) is 3.70. The third-order valence-corrected chi connectivity index (χ3v) is 5.40. The number of rotatable bonds is 9. The Morgan fingerprint density at radius 3 is 2.48 bits per heavy atom. The van der Waals surface area contributed by atoms with Gasteiger partial charge in [-0.15, -0.1) is 0 Å². The van der Waals surface area contributed by atoms with Crippen LogP contribution < -0.4 is 9.47 Å². The number of imide groups is 1. The molecular weight excluding hydrogens is 452 g/mol. The van der Waals surface area contributed by atoms with E-state index >= 15 is 0 Å². The standard InChI is InChI=1S/C22H20N2O8S/c1-3-31-18-10-15(11-19-21(26)23(22(27)33-19)12-20(25)30-2)6-9-17(18)32-13-14-4-7-16(8-5-14)24(28)29/h4-11H,3,12-13H2,1-2H3/b19-11-.